The molecule has 0 aliphatic carbocycles. The third-order valence-corrected chi connectivity index (χ3v) is 1.86. The fourth-order valence-corrected chi connectivity index (χ4v) is 0.943. The summed E-state index contributed by atoms with van der Waals surface area (Å²) >= 11 is 0. The molecule has 1 aliphatic rings. The van der Waals surface area contributed by atoms with Gasteiger partial charge in [0.05, 0.1) is 6.54 Å². The van der Waals surface area contributed by atoms with Crippen LogP contribution in [-0.2, 0) is 6.54 Å². The van der Waals surface area contributed by atoms with Crippen molar-refractivity contribution >= 4 is 0 Å². The Hall–Kier alpha value is -1.46. The second-order valence-electron chi connectivity index (χ2n) is 2.98. The molecular weight excluding hydrogens is 158 g/mol. The van der Waals surface area contributed by atoms with Gasteiger partial charge in [0.25, 0.3) is 0 Å². The number of nitrogens with one attached hydrogen (secondary N) is 1. The van der Waals surface area contributed by atoms with Gasteiger partial charge in [0.1, 0.15) is 6.33 Å². The Labute approximate surface area is 68.3 Å². The molecule has 6 nitrogen and oxygen atoms in total. The van der Waals surface area contributed by atoms with Crippen LogP contribution >= 0.6 is 0 Å². The first-order valence-corrected chi connectivity index (χ1v) is 3.74. The van der Waals surface area contributed by atoms with Crippen molar-refractivity contribution in [2.75, 3.05) is 0 Å². The highest BCUT2D eigenvalue weighted by Crippen LogP contribution is 2.30. The topological polar surface area (TPSA) is 75.4 Å². The number of nitrogens with zero attached hydrogens (tertiary/aromatic N) is 4. The maximum absolute atomic E-state index is 10.9. The SMILES string of the molecule is CC1(CCn2nc[nH]c2=O)N=N1. The average Bonchev–Trinajstić information content (AvgIpc) is 2.61. The molecule has 2 rings (SSSR count). The molecule has 6 heteroatoms. The van der Waals surface area contributed by atoms with E-state index in [1.807, 2.05) is 6.92 Å². The van der Waals surface area contributed by atoms with E-state index >= 15 is 0 Å². The molecule has 12 heavy (non-hydrogen) atoms. The van der Waals surface area contributed by atoms with Crippen molar-refractivity contribution in [1.82, 2.24) is 14.8 Å². The second-order valence-corrected chi connectivity index (χ2v) is 2.98. The molecule has 2 heterocycles. The average molecular weight is 167 g/mol. The highest BCUT2D eigenvalue weighted by Gasteiger charge is 2.33. The van der Waals surface area contributed by atoms with E-state index in [1.165, 1.54) is 11.0 Å². The van der Waals surface area contributed by atoms with Gasteiger partial charge in [0, 0.05) is 6.42 Å². The monoisotopic (exact) mass is 167 g/mol. The first kappa shape index (κ1) is 7.20. The van der Waals surface area contributed by atoms with Crippen LogP contribution in [0.2, 0.25) is 0 Å². The Kier molecular flexibility index (Phi) is 1.36. The molecule has 0 fully saturated rings. The maximum atomic E-state index is 10.9. The van der Waals surface area contributed by atoms with E-state index < -0.39 is 0 Å². The lowest BCUT2D eigenvalue weighted by atomic mass is 10.2. The van der Waals surface area contributed by atoms with Crippen molar-refractivity contribution in [1.29, 1.82) is 0 Å². The number of hydrogen-bond donors (Lipinski definition) is 1. The van der Waals surface area contributed by atoms with E-state index in [9.17, 15) is 4.79 Å². The molecule has 0 saturated carbocycles. The van der Waals surface area contributed by atoms with Crippen LogP contribution in [-0.4, -0.2) is 20.4 Å². The highest BCUT2D eigenvalue weighted by molar-refractivity contribution is 4.87. The number of rotatable bonds is 3. The summed E-state index contributed by atoms with van der Waals surface area (Å²) in [7, 11) is 0. The lowest BCUT2D eigenvalue weighted by molar-refractivity contribution is 0.485. The summed E-state index contributed by atoms with van der Waals surface area (Å²) in [6.45, 7) is 2.48. The Morgan fingerprint density at radius 2 is 2.42 bits per heavy atom. The predicted molar refractivity (Wildman–Crippen MR) is 40.7 cm³/mol. The quantitative estimate of drug-likeness (QED) is 0.695. The molecule has 64 valence electrons. The molecule has 0 spiro atoms. The van der Waals surface area contributed by atoms with Gasteiger partial charge in [-0.1, -0.05) is 0 Å². The molecule has 0 radical (unpaired) electrons. The standard InChI is InChI=1S/C6H9N5O/c1-6(9-10-6)2-3-11-5(12)7-4-8-11/h4H,2-3H2,1H3,(H,7,8,12). The molecule has 0 aromatic carbocycles. The van der Waals surface area contributed by atoms with Gasteiger partial charge in [0.15, 0.2) is 5.66 Å². The Bertz CT molecular complexity index is 356. The van der Waals surface area contributed by atoms with Crippen LogP contribution in [0.4, 0.5) is 0 Å². The molecule has 1 aromatic heterocycles. The number of aromatic nitrogens is 3. The zero-order valence-corrected chi connectivity index (χ0v) is 6.69. The van der Waals surface area contributed by atoms with Crippen molar-refractivity contribution in [2.24, 2.45) is 10.2 Å². The lowest BCUT2D eigenvalue weighted by Crippen LogP contribution is -2.21. The minimum Gasteiger partial charge on any atom is -0.295 e. The largest absolute Gasteiger partial charge is 0.343 e. The summed E-state index contributed by atoms with van der Waals surface area (Å²) in [4.78, 5) is 13.4. The van der Waals surface area contributed by atoms with Gasteiger partial charge in [-0.2, -0.15) is 15.3 Å². The van der Waals surface area contributed by atoms with Crippen LogP contribution in [0.5, 0.6) is 0 Å². The summed E-state index contributed by atoms with van der Waals surface area (Å²) in [5.41, 5.74) is -0.433. The van der Waals surface area contributed by atoms with Gasteiger partial charge in [-0.3, -0.25) is 4.98 Å². The highest BCUT2D eigenvalue weighted by atomic mass is 16.1. The predicted octanol–water partition coefficient (Wildman–Crippen LogP) is 0.144. The summed E-state index contributed by atoms with van der Waals surface area (Å²) in [6.07, 6.45) is 2.11. The minimum atomic E-state index is -0.252. The van der Waals surface area contributed by atoms with Crippen LogP contribution in [0.25, 0.3) is 0 Å². The second kappa shape index (κ2) is 2.26. The van der Waals surface area contributed by atoms with Crippen LogP contribution in [0.15, 0.2) is 21.4 Å². The number of aryl methyl sites for hydroxylation is 1. The molecule has 1 aromatic rings. The van der Waals surface area contributed by atoms with E-state index in [-0.39, 0.29) is 11.4 Å². The molecule has 0 atom stereocenters. The lowest BCUT2D eigenvalue weighted by Gasteiger charge is -2.01. The Morgan fingerprint density at radius 3 is 2.92 bits per heavy atom. The van der Waals surface area contributed by atoms with Crippen molar-refractivity contribution in [3.63, 3.8) is 0 Å². The number of aromatic amines is 1. The fraction of sp³-hybridized carbons (Fsp3) is 0.667. The smallest absolute Gasteiger partial charge is 0.295 e. The maximum Gasteiger partial charge on any atom is 0.343 e. The van der Waals surface area contributed by atoms with Crippen LogP contribution in [0.3, 0.4) is 0 Å². The molecule has 0 bridgehead atoms. The van der Waals surface area contributed by atoms with E-state index in [4.69, 9.17) is 0 Å². The van der Waals surface area contributed by atoms with E-state index in [2.05, 4.69) is 20.3 Å². The molecular formula is C6H9N5O. The Balaban J connectivity index is 1.96. The zero-order chi connectivity index (χ0) is 8.60. The molecule has 0 saturated heterocycles. The summed E-state index contributed by atoms with van der Waals surface area (Å²) in [5.74, 6) is 0. The van der Waals surface area contributed by atoms with Gasteiger partial charge in [0.2, 0.25) is 0 Å². The molecule has 0 unspecified atom stereocenters. The number of H-pyrrole nitrogens is 1. The van der Waals surface area contributed by atoms with Crippen molar-refractivity contribution in [3.05, 3.63) is 16.8 Å². The first-order chi connectivity index (χ1) is 5.70. The van der Waals surface area contributed by atoms with Crippen LogP contribution in [0, 0.1) is 0 Å². The van der Waals surface area contributed by atoms with Gasteiger partial charge in [-0.25, -0.2) is 9.48 Å². The molecule has 0 amide bonds. The summed E-state index contributed by atoms with van der Waals surface area (Å²) in [6, 6.07) is 0. The van der Waals surface area contributed by atoms with Crippen molar-refractivity contribution in [3.8, 4) is 0 Å². The van der Waals surface area contributed by atoms with E-state index in [0.29, 0.717) is 6.54 Å². The van der Waals surface area contributed by atoms with Crippen molar-refractivity contribution < 1.29 is 0 Å². The minimum absolute atomic E-state index is 0.181. The van der Waals surface area contributed by atoms with Crippen LogP contribution < -0.4 is 5.69 Å². The van der Waals surface area contributed by atoms with Crippen LogP contribution in [0.1, 0.15) is 13.3 Å². The van der Waals surface area contributed by atoms with E-state index in [1.54, 1.807) is 0 Å². The van der Waals surface area contributed by atoms with Gasteiger partial charge < -0.3 is 0 Å². The summed E-state index contributed by atoms with van der Waals surface area (Å²) in [5, 5.41) is 11.5. The van der Waals surface area contributed by atoms with E-state index in [0.717, 1.165) is 6.42 Å². The zero-order valence-electron chi connectivity index (χ0n) is 6.69. The van der Waals surface area contributed by atoms with Gasteiger partial charge >= 0.3 is 5.69 Å². The summed E-state index contributed by atoms with van der Waals surface area (Å²) < 4.78 is 1.37. The Morgan fingerprint density at radius 1 is 1.67 bits per heavy atom. The fourth-order valence-electron chi connectivity index (χ4n) is 0.943. The van der Waals surface area contributed by atoms with Gasteiger partial charge in [-0.05, 0) is 6.92 Å². The third-order valence-electron chi connectivity index (χ3n) is 1.86. The van der Waals surface area contributed by atoms with Crippen molar-refractivity contribution in [2.45, 2.75) is 25.6 Å². The number of hydrogen-bond acceptors (Lipinski definition) is 4. The molecule has 1 aliphatic heterocycles. The van der Waals surface area contributed by atoms with Gasteiger partial charge in [-0.15, -0.1) is 0 Å². The third kappa shape index (κ3) is 1.27. The molecule has 1 N–H and O–H groups in total. The first-order valence-electron chi connectivity index (χ1n) is 3.74. The normalized spacial score (nSPS) is 18.1.